The number of hydrogen-bond donors (Lipinski definition) is 2. The summed E-state index contributed by atoms with van der Waals surface area (Å²) in [6, 6.07) is 8.41. The fourth-order valence-corrected chi connectivity index (χ4v) is 1.44. The number of anilines is 1. The molecule has 1 aromatic heterocycles. The number of aldehydes is 1. The quantitative estimate of drug-likeness (QED) is 0.753. The highest BCUT2D eigenvalue weighted by Crippen LogP contribution is 2.21. The summed E-state index contributed by atoms with van der Waals surface area (Å²) in [5, 5.41) is 11.7. The van der Waals surface area contributed by atoms with Crippen LogP contribution in [0.15, 0.2) is 30.3 Å². The van der Waals surface area contributed by atoms with Crippen molar-refractivity contribution in [3.63, 3.8) is 0 Å². The summed E-state index contributed by atoms with van der Waals surface area (Å²) in [6.07, 6.45) is -0.539. The minimum Gasteiger partial charge on any atom is -0.465 e. The van der Waals surface area contributed by atoms with Crippen LogP contribution in [0.25, 0.3) is 10.9 Å². The van der Waals surface area contributed by atoms with Gasteiger partial charge in [0.05, 0.1) is 11.2 Å². The predicted molar refractivity (Wildman–Crippen MR) is 58.8 cm³/mol. The highest BCUT2D eigenvalue weighted by atomic mass is 16.4. The van der Waals surface area contributed by atoms with Crippen molar-refractivity contribution in [2.75, 3.05) is 5.32 Å². The summed E-state index contributed by atoms with van der Waals surface area (Å²) in [7, 11) is 0. The van der Waals surface area contributed by atoms with Gasteiger partial charge in [0.2, 0.25) is 0 Å². The SMILES string of the molecule is O=Cc1ccc2cccc(NC(=O)O)c2n1. The molecule has 0 unspecified atom stereocenters. The number of fused-ring (bicyclic) bond motifs is 1. The number of aromatic nitrogens is 1. The number of carbonyl (C=O) groups excluding carboxylic acids is 1. The second-order valence-corrected chi connectivity index (χ2v) is 3.16. The molecule has 1 heterocycles. The molecule has 16 heavy (non-hydrogen) atoms. The smallest absolute Gasteiger partial charge is 0.409 e. The maximum absolute atomic E-state index is 10.6. The lowest BCUT2D eigenvalue weighted by Gasteiger charge is -2.05. The number of benzene rings is 1. The number of nitrogens with one attached hydrogen (secondary N) is 1. The first-order valence-electron chi connectivity index (χ1n) is 4.55. The van der Waals surface area contributed by atoms with E-state index in [1.807, 2.05) is 0 Å². The molecule has 2 aromatic rings. The van der Waals surface area contributed by atoms with E-state index >= 15 is 0 Å². The molecule has 0 fully saturated rings. The van der Waals surface area contributed by atoms with Crippen molar-refractivity contribution in [3.05, 3.63) is 36.0 Å². The highest BCUT2D eigenvalue weighted by Gasteiger charge is 2.05. The Morgan fingerprint density at radius 2 is 2.12 bits per heavy atom. The Kier molecular flexibility index (Phi) is 2.51. The van der Waals surface area contributed by atoms with Crippen LogP contribution in [0.3, 0.4) is 0 Å². The normalized spacial score (nSPS) is 10.0. The zero-order valence-corrected chi connectivity index (χ0v) is 8.18. The van der Waals surface area contributed by atoms with Crippen LogP contribution >= 0.6 is 0 Å². The molecule has 1 amide bonds. The molecule has 0 saturated carbocycles. The van der Waals surface area contributed by atoms with E-state index in [0.717, 1.165) is 5.39 Å². The molecule has 0 aliphatic carbocycles. The van der Waals surface area contributed by atoms with Crippen LogP contribution in [-0.2, 0) is 0 Å². The fraction of sp³-hybridized carbons (Fsp3) is 0. The lowest BCUT2D eigenvalue weighted by Crippen LogP contribution is -2.08. The molecular weight excluding hydrogens is 208 g/mol. The largest absolute Gasteiger partial charge is 0.465 e. The van der Waals surface area contributed by atoms with Gasteiger partial charge in [-0.15, -0.1) is 0 Å². The number of carbonyl (C=O) groups is 2. The van der Waals surface area contributed by atoms with Crippen molar-refractivity contribution in [1.29, 1.82) is 0 Å². The molecule has 2 N–H and O–H groups in total. The van der Waals surface area contributed by atoms with E-state index in [4.69, 9.17) is 5.11 Å². The standard InChI is InChI=1S/C11H8N2O3/c14-6-8-5-4-7-2-1-3-9(10(7)12-8)13-11(15)16/h1-6,13H,(H,15,16). The van der Waals surface area contributed by atoms with Gasteiger partial charge in [-0.25, -0.2) is 9.78 Å². The van der Waals surface area contributed by atoms with E-state index in [1.165, 1.54) is 0 Å². The number of para-hydroxylation sites is 1. The number of carboxylic acid groups (broad SMARTS) is 1. The predicted octanol–water partition coefficient (Wildman–Crippen LogP) is 2.14. The molecule has 80 valence electrons. The third kappa shape index (κ3) is 1.83. The highest BCUT2D eigenvalue weighted by molar-refractivity contribution is 5.98. The Balaban J connectivity index is 2.63. The molecule has 5 nitrogen and oxygen atoms in total. The van der Waals surface area contributed by atoms with Crippen LogP contribution in [0.5, 0.6) is 0 Å². The maximum atomic E-state index is 10.6. The van der Waals surface area contributed by atoms with Gasteiger partial charge in [0.25, 0.3) is 0 Å². The van der Waals surface area contributed by atoms with Crippen LogP contribution in [0.1, 0.15) is 10.5 Å². The molecule has 0 saturated heterocycles. The molecule has 0 radical (unpaired) electrons. The van der Waals surface area contributed by atoms with Gasteiger partial charge in [0, 0.05) is 5.39 Å². The van der Waals surface area contributed by atoms with E-state index in [1.54, 1.807) is 30.3 Å². The van der Waals surface area contributed by atoms with Crippen molar-refractivity contribution in [2.24, 2.45) is 0 Å². The lowest BCUT2D eigenvalue weighted by molar-refractivity contribution is 0.111. The Morgan fingerprint density at radius 1 is 1.31 bits per heavy atom. The van der Waals surface area contributed by atoms with Crippen LogP contribution in [0.4, 0.5) is 10.5 Å². The minimum absolute atomic E-state index is 0.270. The van der Waals surface area contributed by atoms with Gasteiger partial charge in [-0.05, 0) is 12.1 Å². The van der Waals surface area contributed by atoms with Crippen LogP contribution in [0, 0.1) is 0 Å². The molecule has 0 atom stereocenters. The second-order valence-electron chi connectivity index (χ2n) is 3.16. The number of amides is 1. The summed E-state index contributed by atoms with van der Waals surface area (Å²) in [6.45, 7) is 0. The van der Waals surface area contributed by atoms with Gasteiger partial charge >= 0.3 is 6.09 Å². The molecule has 0 spiro atoms. The first kappa shape index (κ1) is 10.1. The van der Waals surface area contributed by atoms with E-state index in [-0.39, 0.29) is 5.69 Å². The van der Waals surface area contributed by atoms with E-state index in [2.05, 4.69) is 10.3 Å². The number of pyridine rings is 1. The number of rotatable bonds is 2. The van der Waals surface area contributed by atoms with Crippen molar-refractivity contribution in [1.82, 2.24) is 4.98 Å². The fourth-order valence-electron chi connectivity index (χ4n) is 1.44. The Labute approximate surface area is 90.7 Å². The van der Waals surface area contributed by atoms with Gasteiger partial charge in [-0.3, -0.25) is 10.1 Å². The molecule has 2 rings (SSSR count). The summed E-state index contributed by atoms with van der Waals surface area (Å²) >= 11 is 0. The van der Waals surface area contributed by atoms with Gasteiger partial charge in [-0.1, -0.05) is 18.2 Å². The molecule has 1 aromatic carbocycles. The summed E-state index contributed by atoms with van der Waals surface area (Å²) in [4.78, 5) is 25.2. The van der Waals surface area contributed by atoms with Gasteiger partial charge in [0.15, 0.2) is 6.29 Å². The number of nitrogens with zero attached hydrogens (tertiary/aromatic N) is 1. The van der Waals surface area contributed by atoms with Crippen molar-refractivity contribution < 1.29 is 14.7 Å². The monoisotopic (exact) mass is 216 g/mol. The zero-order chi connectivity index (χ0) is 11.5. The van der Waals surface area contributed by atoms with Crippen LogP contribution in [-0.4, -0.2) is 22.5 Å². The van der Waals surface area contributed by atoms with Gasteiger partial charge in [-0.2, -0.15) is 0 Å². The first-order valence-corrected chi connectivity index (χ1v) is 4.55. The topological polar surface area (TPSA) is 79.3 Å². The third-order valence-electron chi connectivity index (χ3n) is 2.10. The van der Waals surface area contributed by atoms with Crippen molar-refractivity contribution in [2.45, 2.75) is 0 Å². The molecule has 0 aliphatic rings. The number of hydrogen-bond acceptors (Lipinski definition) is 3. The van der Waals surface area contributed by atoms with E-state index in [9.17, 15) is 9.59 Å². The van der Waals surface area contributed by atoms with Crippen LogP contribution < -0.4 is 5.32 Å². The summed E-state index contributed by atoms with van der Waals surface area (Å²) < 4.78 is 0. The first-order chi connectivity index (χ1) is 7.70. The zero-order valence-electron chi connectivity index (χ0n) is 8.18. The van der Waals surface area contributed by atoms with E-state index in [0.29, 0.717) is 17.5 Å². The van der Waals surface area contributed by atoms with Gasteiger partial charge in [0.1, 0.15) is 5.69 Å². The molecular formula is C11H8N2O3. The van der Waals surface area contributed by atoms with Crippen LogP contribution in [0.2, 0.25) is 0 Å². The summed E-state index contributed by atoms with van der Waals surface area (Å²) in [5.41, 5.74) is 1.11. The van der Waals surface area contributed by atoms with E-state index < -0.39 is 6.09 Å². The lowest BCUT2D eigenvalue weighted by atomic mass is 10.2. The Hall–Kier alpha value is -2.43. The maximum Gasteiger partial charge on any atom is 0.409 e. The molecule has 0 bridgehead atoms. The third-order valence-corrected chi connectivity index (χ3v) is 2.10. The van der Waals surface area contributed by atoms with Crippen molar-refractivity contribution in [3.8, 4) is 0 Å². The molecule has 5 heteroatoms. The second kappa shape index (κ2) is 3.98. The molecule has 0 aliphatic heterocycles. The summed E-state index contributed by atoms with van der Waals surface area (Å²) in [5.74, 6) is 0. The Bertz CT molecular complexity index is 566. The van der Waals surface area contributed by atoms with Crippen molar-refractivity contribution >= 4 is 29.0 Å². The Morgan fingerprint density at radius 3 is 2.81 bits per heavy atom. The minimum atomic E-state index is -1.16. The van der Waals surface area contributed by atoms with Gasteiger partial charge < -0.3 is 5.11 Å². The average Bonchev–Trinajstić information content (AvgIpc) is 2.28. The average molecular weight is 216 g/mol.